The molecule has 1 aliphatic rings. The zero-order valence-electron chi connectivity index (χ0n) is 17.8. The average Bonchev–Trinajstić information content (AvgIpc) is 3.38. The molecule has 10 heteroatoms. The van der Waals surface area contributed by atoms with E-state index in [0.29, 0.717) is 23.3 Å². The van der Waals surface area contributed by atoms with Crippen molar-refractivity contribution in [3.05, 3.63) is 48.5 Å². The summed E-state index contributed by atoms with van der Waals surface area (Å²) in [5, 5.41) is 23.0. The third kappa shape index (κ3) is 4.49. The van der Waals surface area contributed by atoms with Gasteiger partial charge < -0.3 is 25.0 Å². The second kappa shape index (κ2) is 10.1. The molecule has 0 unspecified atom stereocenters. The first-order valence-corrected chi connectivity index (χ1v) is 10.7. The third-order valence-corrected chi connectivity index (χ3v) is 5.45. The van der Waals surface area contributed by atoms with E-state index in [2.05, 4.69) is 27.2 Å². The largest absolute Gasteiger partial charge is 0.394 e. The Balaban J connectivity index is 1.59. The molecule has 1 fully saturated rings. The Morgan fingerprint density at radius 1 is 1.22 bits per heavy atom. The van der Waals surface area contributed by atoms with Crippen LogP contribution in [0.15, 0.2) is 43.0 Å². The van der Waals surface area contributed by atoms with Crippen LogP contribution in [0.5, 0.6) is 0 Å². The molecule has 3 heterocycles. The van der Waals surface area contributed by atoms with Crippen LogP contribution in [-0.4, -0.2) is 67.2 Å². The lowest BCUT2D eigenvalue weighted by Gasteiger charge is -2.22. The number of rotatable bonds is 9. The highest BCUT2D eigenvalue weighted by molar-refractivity contribution is 6.06. The number of fused-ring (bicyclic) bond motifs is 1. The fourth-order valence-electron chi connectivity index (χ4n) is 3.74. The van der Waals surface area contributed by atoms with Crippen molar-refractivity contribution in [2.45, 2.75) is 50.7 Å². The lowest BCUT2D eigenvalue weighted by atomic mass is 10.1. The second-order valence-corrected chi connectivity index (χ2v) is 7.65. The summed E-state index contributed by atoms with van der Waals surface area (Å²) in [5.74, 6) is -0.0505. The van der Waals surface area contributed by atoms with Crippen LogP contribution in [0, 0.1) is 0 Å². The molecule has 4 rings (SSSR count). The van der Waals surface area contributed by atoms with E-state index in [-0.39, 0.29) is 18.3 Å². The highest BCUT2D eigenvalue weighted by Gasteiger charge is 2.45. The molecule has 0 saturated carbocycles. The Bertz CT molecular complexity index is 1040. The van der Waals surface area contributed by atoms with Crippen molar-refractivity contribution in [2.75, 3.05) is 18.5 Å². The van der Waals surface area contributed by atoms with Gasteiger partial charge in [0.1, 0.15) is 24.6 Å². The molecule has 1 aliphatic heterocycles. The molecule has 1 saturated heterocycles. The standard InChI is InChI=1S/C22H27N5O5/c1-2-3-7-10-31-18-17(29)15(11-28)32-22(18)27-13-25-16-19(23-12-24-20(16)27)26-21(30)14-8-5-4-6-9-14/h4-6,8-9,12-13,15,17-18,22,28-29H,2-3,7,10-11H2,1H3,(H,23,24,26,30)/t15-,17-,18-,22-/m1/s1. The first-order chi connectivity index (χ1) is 15.6. The van der Waals surface area contributed by atoms with E-state index in [1.807, 2.05) is 6.07 Å². The number of ether oxygens (including phenoxy) is 2. The van der Waals surface area contributed by atoms with E-state index in [0.717, 1.165) is 19.3 Å². The number of unbranched alkanes of at least 4 members (excludes halogenated alkanes) is 2. The van der Waals surface area contributed by atoms with Gasteiger partial charge in [-0.25, -0.2) is 15.0 Å². The van der Waals surface area contributed by atoms with Crippen LogP contribution in [0.2, 0.25) is 0 Å². The smallest absolute Gasteiger partial charge is 0.256 e. The van der Waals surface area contributed by atoms with E-state index < -0.39 is 24.5 Å². The monoisotopic (exact) mass is 441 g/mol. The maximum absolute atomic E-state index is 12.6. The maximum atomic E-state index is 12.6. The van der Waals surface area contributed by atoms with Gasteiger partial charge in [0.2, 0.25) is 0 Å². The number of nitrogens with one attached hydrogen (secondary N) is 1. The molecular formula is C22H27N5O5. The number of hydrogen-bond acceptors (Lipinski definition) is 8. The van der Waals surface area contributed by atoms with Gasteiger partial charge >= 0.3 is 0 Å². The summed E-state index contributed by atoms with van der Waals surface area (Å²) in [6.45, 7) is 2.23. The lowest BCUT2D eigenvalue weighted by molar-refractivity contribution is -0.0710. The molecule has 170 valence electrons. The molecule has 0 radical (unpaired) electrons. The predicted octanol–water partition coefficient (Wildman–Crippen LogP) is 1.90. The minimum absolute atomic E-state index is 0.264. The maximum Gasteiger partial charge on any atom is 0.256 e. The number of imidazole rings is 1. The van der Waals surface area contributed by atoms with Crippen molar-refractivity contribution in [2.24, 2.45) is 0 Å². The topological polar surface area (TPSA) is 132 Å². The van der Waals surface area contributed by atoms with Crippen molar-refractivity contribution in [1.29, 1.82) is 0 Å². The highest BCUT2D eigenvalue weighted by Crippen LogP contribution is 2.34. The number of benzene rings is 1. The third-order valence-electron chi connectivity index (χ3n) is 5.45. The summed E-state index contributed by atoms with van der Waals surface area (Å²) < 4.78 is 13.5. The summed E-state index contributed by atoms with van der Waals surface area (Å²) in [4.78, 5) is 25.4. The number of nitrogens with zero attached hydrogens (tertiary/aromatic N) is 4. The number of anilines is 1. The molecule has 0 aliphatic carbocycles. The zero-order valence-corrected chi connectivity index (χ0v) is 17.8. The molecule has 0 bridgehead atoms. The molecule has 3 aromatic rings. The van der Waals surface area contributed by atoms with Gasteiger partial charge in [0.05, 0.1) is 12.9 Å². The molecular weight excluding hydrogens is 414 g/mol. The van der Waals surface area contributed by atoms with Gasteiger partial charge in [0, 0.05) is 12.2 Å². The SMILES string of the molecule is CCCCCO[C@@H]1[C@H](O)[C@@H](CO)O[C@H]1n1cnc2c(NC(=O)c3ccccc3)ncnc21. The van der Waals surface area contributed by atoms with Crippen molar-refractivity contribution in [3.63, 3.8) is 0 Å². The van der Waals surface area contributed by atoms with Crippen LogP contribution in [-0.2, 0) is 9.47 Å². The Kier molecular flexibility index (Phi) is 7.05. The van der Waals surface area contributed by atoms with Gasteiger partial charge in [-0.05, 0) is 18.6 Å². The van der Waals surface area contributed by atoms with E-state index in [1.165, 1.54) is 12.7 Å². The summed E-state index contributed by atoms with van der Waals surface area (Å²) >= 11 is 0. The summed E-state index contributed by atoms with van der Waals surface area (Å²) in [5.41, 5.74) is 1.29. The quantitative estimate of drug-likeness (QED) is 0.429. The first-order valence-electron chi connectivity index (χ1n) is 10.7. The van der Waals surface area contributed by atoms with Gasteiger partial charge in [-0.3, -0.25) is 9.36 Å². The number of aromatic nitrogens is 4. The van der Waals surface area contributed by atoms with Gasteiger partial charge in [-0.1, -0.05) is 38.0 Å². The normalized spacial score (nSPS) is 23.0. The molecule has 10 nitrogen and oxygen atoms in total. The highest BCUT2D eigenvalue weighted by atomic mass is 16.6. The van der Waals surface area contributed by atoms with Crippen LogP contribution in [0.3, 0.4) is 0 Å². The predicted molar refractivity (Wildman–Crippen MR) is 116 cm³/mol. The number of aliphatic hydroxyl groups is 2. The number of amides is 1. The van der Waals surface area contributed by atoms with Crippen LogP contribution < -0.4 is 5.32 Å². The van der Waals surface area contributed by atoms with Crippen molar-refractivity contribution in [3.8, 4) is 0 Å². The van der Waals surface area contributed by atoms with E-state index >= 15 is 0 Å². The number of hydrogen-bond donors (Lipinski definition) is 3. The molecule has 32 heavy (non-hydrogen) atoms. The average molecular weight is 441 g/mol. The molecule has 4 atom stereocenters. The van der Waals surface area contributed by atoms with Gasteiger partial charge in [0.25, 0.3) is 5.91 Å². The molecule has 1 amide bonds. The molecule has 1 aromatic carbocycles. The van der Waals surface area contributed by atoms with E-state index in [1.54, 1.807) is 28.8 Å². The zero-order chi connectivity index (χ0) is 22.5. The van der Waals surface area contributed by atoms with Crippen LogP contribution in [0.4, 0.5) is 5.82 Å². The molecule has 0 spiro atoms. The van der Waals surface area contributed by atoms with Crippen LogP contribution in [0.1, 0.15) is 42.8 Å². The Labute approximate surface area is 185 Å². The Hall–Kier alpha value is -2.92. The van der Waals surface area contributed by atoms with Crippen molar-refractivity contribution >= 4 is 22.9 Å². The minimum Gasteiger partial charge on any atom is -0.394 e. The Morgan fingerprint density at radius 2 is 2.03 bits per heavy atom. The first kappa shape index (κ1) is 22.3. The number of carbonyl (C=O) groups excluding carboxylic acids is 1. The summed E-state index contributed by atoms with van der Waals surface area (Å²) in [6.07, 6.45) is 2.55. The van der Waals surface area contributed by atoms with E-state index in [9.17, 15) is 15.0 Å². The van der Waals surface area contributed by atoms with Crippen molar-refractivity contribution < 1.29 is 24.5 Å². The van der Waals surface area contributed by atoms with Gasteiger partial charge in [-0.15, -0.1) is 0 Å². The van der Waals surface area contributed by atoms with E-state index in [4.69, 9.17) is 9.47 Å². The van der Waals surface area contributed by atoms with Gasteiger partial charge in [0.15, 0.2) is 23.2 Å². The number of aliphatic hydroxyl groups excluding tert-OH is 2. The van der Waals surface area contributed by atoms with Gasteiger partial charge in [-0.2, -0.15) is 0 Å². The van der Waals surface area contributed by atoms with Crippen LogP contribution in [0.25, 0.3) is 11.2 Å². The van der Waals surface area contributed by atoms with Crippen molar-refractivity contribution in [1.82, 2.24) is 19.5 Å². The summed E-state index contributed by atoms with van der Waals surface area (Å²) in [6, 6.07) is 8.79. The fourth-order valence-corrected chi connectivity index (χ4v) is 3.74. The molecule has 3 N–H and O–H groups in total. The Morgan fingerprint density at radius 3 is 2.78 bits per heavy atom. The summed E-state index contributed by atoms with van der Waals surface area (Å²) in [7, 11) is 0. The second-order valence-electron chi connectivity index (χ2n) is 7.65. The minimum atomic E-state index is -0.997. The van der Waals surface area contributed by atoms with Crippen LogP contribution >= 0.6 is 0 Å². The lowest BCUT2D eigenvalue weighted by Crippen LogP contribution is -2.35. The molecule has 2 aromatic heterocycles. The number of carbonyl (C=O) groups is 1. The fraction of sp³-hybridized carbons (Fsp3) is 0.455.